The third-order valence-electron chi connectivity index (χ3n) is 2.40. The van der Waals surface area contributed by atoms with Crippen molar-refractivity contribution in [3.05, 3.63) is 12.2 Å². The fourth-order valence-electron chi connectivity index (χ4n) is 1.37. The third kappa shape index (κ3) is 8.99. The smallest absolute Gasteiger partial charge is 0.408 e. The van der Waals surface area contributed by atoms with Crippen LogP contribution in [-0.4, -0.2) is 42.8 Å². The van der Waals surface area contributed by atoms with Crippen LogP contribution in [0.15, 0.2) is 12.2 Å². The Kier molecular flexibility index (Phi) is 8.22. The summed E-state index contributed by atoms with van der Waals surface area (Å²) >= 11 is 0. The van der Waals surface area contributed by atoms with Crippen LogP contribution in [0.1, 0.15) is 41.0 Å². The minimum Gasteiger partial charge on any atom is -0.460 e. The molecule has 0 heterocycles. The van der Waals surface area contributed by atoms with E-state index in [1.165, 1.54) is 0 Å². The third-order valence-corrected chi connectivity index (χ3v) is 2.40. The first-order chi connectivity index (χ1) is 10.1. The van der Waals surface area contributed by atoms with E-state index in [1.807, 2.05) is 0 Å². The number of amides is 2. The first-order valence-corrected chi connectivity index (χ1v) is 7.16. The number of alkyl carbamates (subject to hydrolysis) is 1. The highest BCUT2D eigenvalue weighted by Crippen LogP contribution is 2.07. The zero-order valence-corrected chi connectivity index (χ0v) is 13.9. The molecular formula is C15H26N2O5. The van der Waals surface area contributed by atoms with Gasteiger partial charge in [-0.15, -0.1) is 0 Å². The number of carbonyl (C=O) groups is 3. The Labute approximate surface area is 131 Å². The Balaban J connectivity index is 4.18. The number of esters is 1. The van der Waals surface area contributed by atoms with Gasteiger partial charge in [0.15, 0.2) is 0 Å². The van der Waals surface area contributed by atoms with Crippen LogP contribution in [0.5, 0.6) is 0 Å². The van der Waals surface area contributed by atoms with Crippen molar-refractivity contribution in [1.82, 2.24) is 10.6 Å². The summed E-state index contributed by atoms with van der Waals surface area (Å²) in [4.78, 5) is 34.7. The average Bonchev–Trinajstić information content (AvgIpc) is 2.38. The Bertz CT molecular complexity index is 426. The van der Waals surface area contributed by atoms with E-state index in [0.717, 1.165) is 0 Å². The van der Waals surface area contributed by atoms with E-state index in [9.17, 15) is 14.4 Å². The zero-order valence-electron chi connectivity index (χ0n) is 13.9. The molecule has 7 nitrogen and oxygen atoms in total. The number of ether oxygens (including phenoxy) is 2. The molecule has 0 radical (unpaired) electrons. The van der Waals surface area contributed by atoms with Crippen LogP contribution in [0.3, 0.4) is 0 Å². The Hall–Kier alpha value is -2.05. The molecule has 22 heavy (non-hydrogen) atoms. The van der Waals surface area contributed by atoms with E-state index in [1.54, 1.807) is 34.6 Å². The highest BCUT2D eigenvalue weighted by molar-refractivity contribution is 5.87. The lowest BCUT2D eigenvalue weighted by Crippen LogP contribution is -2.48. The summed E-state index contributed by atoms with van der Waals surface area (Å²) in [7, 11) is 0. The Morgan fingerprint density at radius 2 is 1.82 bits per heavy atom. The largest absolute Gasteiger partial charge is 0.460 e. The monoisotopic (exact) mass is 314 g/mol. The number of rotatable bonds is 7. The maximum absolute atomic E-state index is 11.9. The first-order valence-electron chi connectivity index (χ1n) is 7.16. The summed E-state index contributed by atoms with van der Waals surface area (Å²) in [6.07, 6.45) is -0.236. The standard InChI is InChI=1S/C15H26N2O5/c1-7-11(17-14(20)22-15(4,5)6)12(18)16-8-9-21-13(19)10(2)3/h11H,2,7-9H2,1,3-6H3,(H,16,18)(H,17,20)/t11-/m1/s1. The van der Waals surface area contributed by atoms with E-state index in [2.05, 4.69) is 17.2 Å². The van der Waals surface area contributed by atoms with Crippen molar-refractivity contribution in [2.45, 2.75) is 52.7 Å². The molecule has 1 atom stereocenters. The number of hydrogen-bond acceptors (Lipinski definition) is 5. The molecule has 0 aliphatic carbocycles. The van der Waals surface area contributed by atoms with Crippen molar-refractivity contribution >= 4 is 18.0 Å². The summed E-state index contributed by atoms with van der Waals surface area (Å²) in [6.45, 7) is 12.2. The van der Waals surface area contributed by atoms with Gasteiger partial charge in [-0.1, -0.05) is 13.5 Å². The van der Waals surface area contributed by atoms with E-state index in [-0.39, 0.29) is 19.1 Å². The zero-order chi connectivity index (χ0) is 17.3. The van der Waals surface area contributed by atoms with Crippen molar-refractivity contribution in [2.75, 3.05) is 13.2 Å². The molecule has 0 aromatic rings. The molecular weight excluding hydrogens is 288 g/mol. The van der Waals surface area contributed by atoms with Crippen LogP contribution in [0.4, 0.5) is 4.79 Å². The maximum atomic E-state index is 11.9. The second-order valence-electron chi connectivity index (χ2n) is 5.81. The van der Waals surface area contributed by atoms with Gasteiger partial charge in [-0.05, 0) is 34.1 Å². The van der Waals surface area contributed by atoms with Gasteiger partial charge in [0.25, 0.3) is 0 Å². The molecule has 2 N–H and O–H groups in total. The summed E-state index contributed by atoms with van der Waals surface area (Å²) in [5.41, 5.74) is -0.334. The molecule has 0 aromatic heterocycles. The molecule has 0 saturated heterocycles. The average molecular weight is 314 g/mol. The quantitative estimate of drug-likeness (QED) is 0.422. The second kappa shape index (κ2) is 9.07. The van der Waals surface area contributed by atoms with Gasteiger partial charge in [0.1, 0.15) is 18.2 Å². The molecule has 7 heteroatoms. The molecule has 2 amide bonds. The van der Waals surface area contributed by atoms with Gasteiger partial charge in [0.2, 0.25) is 5.91 Å². The Morgan fingerprint density at radius 1 is 1.23 bits per heavy atom. The van der Waals surface area contributed by atoms with Crippen molar-refractivity contribution in [3.8, 4) is 0 Å². The normalized spacial score (nSPS) is 12.0. The summed E-state index contributed by atoms with van der Waals surface area (Å²) in [5, 5.41) is 5.08. The lowest BCUT2D eigenvalue weighted by atomic mass is 10.2. The fourth-order valence-corrected chi connectivity index (χ4v) is 1.37. The second-order valence-corrected chi connectivity index (χ2v) is 5.81. The van der Waals surface area contributed by atoms with Crippen molar-refractivity contribution < 1.29 is 23.9 Å². The van der Waals surface area contributed by atoms with Crippen LogP contribution in [0.25, 0.3) is 0 Å². The summed E-state index contributed by atoms with van der Waals surface area (Å²) < 4.78 is 9.94. The lowest BCUT2D eigenvalue weighted by molar-refractivity contribution is -0.139. The number of hydrogen-bond donors (Lipinski definition) is 2. The fraction of sp³-hybridized carbons (Fsp3) is 0.667. The van der Waals surface area contributed by atoms with Gasteiger partial charge in [-0.3, -0.25) is 4.79 Å². The molecule has 0 aliphatic rings. The predicted molar refractivity (Wildman–Crippen MR) is 82.2 cm³/mol. The molecule has 0 saturated carbocycles. The van der Waals surface area contributed by atoms with Crippen LogP contribution in [0.2, 0.25) is 0 Å². The number of carbonyl (C=O) groups excluding carboxylic acids is 3. The molecule has 0 aliphatic heterocycles. The minimum absolute atomic E-state index is 0.0420. The molecule has 126 valence electrons. The molecule has 0 unspecified atom stereocenters. The van der Waals surface area contributed by atoms with E-state index >= 15 is 0 Å². The van der Waals surface area contributed by atoms with Crippen LogP contribution in [0, 0.1) is 0 Å². The van der Waals surface area contributed by atoms with Crippen molar-refractivity contribution in [3.63, 3.8) is 0 Å². The molecule has 0 rings (SSSR count). The van der Waals surface area contributed by atoms with Crippen LogP contribution < -0.4 is 10.6 Å². The van der Waals surface area contributed by atoms with Crippen molar-refractivity contribution in [2.24, 2.45) is 0 Å². The number of nitrogens with one attached hydrogen (secondary N) is 2. The lowest BCUT2D eigenvalue weighted by Gasteiger charge is -2.22. The predicted octanol–water partition coefficient (Wildman–Crippen LogP) is 1.53. The molecule has 0 bridgehead atoms. The molecule has 0 fully saturated rings. The maximum Gasteiger partial charge on any atom is 0.408 e. The van der Waals surface area contributed by atoms with Gasteiger partial charge in [0, 0.05) is 5.57 Å². The molecule has 0 spiro atoms. The van der Waals surface area contributed by atoms with Crippen molar-refractivity contribution in [1.29, 1.82) is 0 Å². The highest BCUT2D eigenvalue weighted by atomic mass is 16.6. The van der Waals surface area contributed by atoms with Crippen LogP contribution in [-0.2, 0) is 19.1 Å². The SMILES string of the molecule is C=C(C)C(=O)OCCNC(=O)[C@@H](CC)NC(=O)OC(C)(C)C. The van der Waals surface area contributed by atoms with Gasteiger partial charge in [-0.25, -0.2) is 9.59 Å². The van der Waals surface area contributed by atoms with Gasteiger partial charge in [0.05, 0.1) is 6.54 Å². The van der Waals surface area contributed by atoms with E-state index in [4.69, 9.17) is 9.47 Å². The minimum atomic E-state index is -0.702. The van der Waals surface area contributed by atoms with E-state index in [0.29, 0.717) is 12.0 Å². The summed E-state index contributed by atoms with van der Waals surface area (Å²) in [5.74, 6) is -0.868. The van der Waals surface area contributed by atoms with Gasteiger partial charge >= 0.3 is 12.1 Å². The van der Waals surface area contributed by atoms with Crippen LogP contribution >= 0.6 is 0 Å². The Morgan fingerprint density at radius 3 is 2.27 bits per heavy atom. The molecule has 0 aromatic carbocycles. The first kappa shape index (κ1) is 19.9. The van der Waals surface area contributed by atoms with Gasteiger partial charge < -0.3 is 20.1 Å². The highest BCUT2D eigenvalue weighted by Gasteiger charge is 2.22. The summed E-state index contributed by atoms with van der Waals surface area (Å²) in [6, 6.07) is -0.702. The topological polar surface area (TPSA) is 93.7 Å². The van der Waals surface area contributed by atoms with E-state index < -0.39 is 23.7 Å². The van der Waals surface area contributed by atoms with Gasteiger partial charge in [-0.2, -0.15) is 0 Å².